The lowest BCUT2D eigenvalue weighted by Crippen LogP contribution is -2.40. The largest absolute Gasteiger partial charge is 0.274 e. The van der Waals surface area contributed by atoms with Crippen molar-refractivity contribution in [2.24, 2.45) is 35.5 Å². The van der Waals surface area contributed by atoms with Gasteiger partial charge in [-0.15, -0.1) is 0 Å². The molecule has 3 nitrogen and oxygen atoms in total. The molecule has 5 aliphatic rings. The summed E-state index contributed by atoms with van der Waals surface area (Å²) in [4.78, 5) is 27.2. The Balaban J connectivity index is 1.60. The zero-order valence-corrected chi connectivity index (χ0v) is 12.9. The fourth-order valence-electron chi connectivity index (χ4n) is 4.83. The van der Waals surface area contributed by atoms with Crippen LogP contribution in [0.5, 0.6) is 0 Å². The first-order valence-electron chi connectivity index (χ1n) is 7.48. The number of amides is 2. The van der Waals surface area contributed by atoms with E-state index in [1.165, 1.54) is 11.3 Å². The van der Waals surface area contributed by atoms with E-state index in [4.69, 9.17) is 0 Å². The number of hydrogen-bond donors (Lipinski definition) is 0. The van der Waals surface area contributed by atoms with Crippen LogP contribution in [-0.2, 0) is 9.59 Å². The number of carbonyl (C=O) groups is 2. The Kier molecular flexibility index (Phi) is 2.23. The minimum absolute atomic E-state index is 0.00722. The topological polar surface area (TPSA) is 37.4 Å². The van der Waals surface area contributed by atoms with Gasteiger partial charge in [-0.25, -0.2) is 4.90 Å². The van der Waals surface area contributed by atoms with Crippen LogP contribution in [0.2, 0.25) is 0 Å². The van der Waals surface area contributed by atoms with Gasteiger partial charge in [0.05, 0.1) is 17.5 Å². The van der Waals surface area contributed by atoms with Gasteiger partial charge in [-0.05, 0) is 48.3 Å². The Bertz CT molecular complexity index is 676. The van der Waals surface area contributed by atoms with Gasteiger partial charge in [0, 0.05) is 4.47 Å². The third-order valence-electron chi connectivity index (χ3n) is 5.73. The van der Waals surface area contributed by atoms with Crippen LogP contribution in [0.1, 0.15) is 6.42 Å². The van der Waals surface area contributed by atoms with E-state index in [2.05, 4.69) is 28.1 Å². The fraction of sp³-hybridized carbons (Fsp3) is 0.412. The van der Waals surface area contributed by atoms with Gasteiger partial charge in [0.25, 0.3) is 0 Å². The van der Waals surface area contributed by atoms with Crippen LogP contribution >= 0.6 is 15.9 Å². The van der Waals surface area contributed by atoms with Crippen molar-refractivity contribution < 1.29 is 9.59 Å². The number of anilines is 1. The predicted molar refractivity (Wildman–Crippen MR) is 81.3 cm³/mol. The fourth-order valence-corrected chi connectivity index (χ4v) is 5.21. The van der Waals surface area contributed by atoms with Crippen molar-refractivity contribution in [1.29, 1.82) is 0 Å². The van der Waals surface area contributed by atoms with Gasteiger partial charge < -0.3 is 0 Å². The number of imide groups is 1. The lowest BCUT2D eigenvalue weighted by molar-refractivity contribution is -0.124. The van der Waals surface area contributed by atoms with Crippen LogP contribution in [0.25, 0.3) is 0 Å². The normalized spacial score (nSPS) is 42.2. The first kappa shape index (κ1) is 12.2. The molecule has 4 aliphatic carbocycles. The molecular weight excluding hydrogens is 330 g/mol. The smallest absolute Gasteiger partial charge is 0.238 e. The number of benzene rings is 1. The van der Waals surface area contributed by atoms with Crippen LogP contribution < -0.4 is 4.90 Å². The summed E-state index contributed by atoms with van der Waals surface area (Å²) in [5.41, 5.74) is 0.696. The summed E-state index contributed by atoms with van der Waals surface area (Å²) in [6.45, 7) is 0. The van der Waals surface area contributed by atoms with Crippen molar-refractivity contribution in [3.63, 3.8) is 0 Å². The zero-order chi connectivity index (χ0) is 14.3. The summed E-state index contributed by atoms with van der Waals surface area (Å²) in [5.74, 6) is 1.67. The maximum absolute atomic E-state index is 12.9. The van der Waals surface area contributed by atoms with Crippen molar-refractivity contribution in [3.05, 3.63) is 40.9 Å². The highest BCUT2D eigenvalue weighted by atomic mass is 79.9. The second-order valence-corrected chi connectivity index (χ2v) is 7.56. The highest BCUT2D eigenvalue weighted by Crippen LogP contribution is 2.65. The predicted octanol–water partition coefficient (Wildman–Crippen LogP) is 3.01. The molecule has 4 heteroatoms. The zero-order valence-electron chi connectivity index (χ0n) is 11.3. The van der Waals surface area contributed by atoms with E-state index in [-0.39, 0.29) is 23.7 Å². The van der Waals surface area contributed by atoms with E-state index in [0.29, 0.717) is 29.4 Å². The Labute approximate surface area is 131 Å². The number of rotatable bonds is 1. The Morgan fingerprint density at radius 1 is 1.00 bits per heavy atom. The first-order valence-corrected chi connectivity index (χ1v) is 8.28. The lowest BCUT2D eigenvalue weighted by Gasteiger charge is -2.37. The molecule has 0 N–H and O–H groups in total. The van der Waals surface area contributed by atoms with Crippen LogP contribution in [0.3, 0.4) is 0 Å². The summed E-state index contributed by atoms with van der Waals surface area (Å²) in [6, 6.07) is 7.46. The number of allylic oxidation sites excluding steroid dienone is 2. The third-order valence-corrected chi connectivity index (χ3v) is 6.22. The van der Waals surface area contributed by atoms with Crippen molar-refractivity contribution in [3.8, 4) is 0 Å². The summed E-state index contributed by atoms with van der Waals surface area (Å²) < 4.78 is 0.888. The van der Waals surface area contributed by atoms with Crippen molar-refractivity contribution in [2.45, 2.75) is 6.42 Å². The Hall–Kier alpha value is -1.42. The highest BCUT2D eigenvalue weighted by Gasteiger charge is 2.67. The molecule has 2 amide bonds. The molecule has 106 valence electrons. The van der Waals surface area contributed by atoms with Crippen LogP contribution in [0.4, 0.5) is 5.69 Å². The van der Waals surface area contributed by atoms with Gasteiger partial charge in [-0.3, -0.25) is 9.59 Å². The first-order chi connectivity index (χ1) is 10.2. The Morgan fingerprint density at radius 2 is 1.62 bits per heavy atom. The molecular formula is C17H14BrNO2. The Morgan fingerprint density at radius 3 is 2.19 bits per heavy atom. The van der Waals surface area contributed by atoms with Crippen molar-refractivity contribution >= 4 is 33.4 Å². The summed E-state index contributed by atoms with van der Waals surface area (Å²) >= 11 is 3.42. The van der Waals surface area contributed by atoms with Crippen molar-refractivity contribution in [1.82, 2.24) is 0 Å². The van der Waals surface area contributed by atoms with Gasteiger partial charge >= 0.3 is 0 Å². The molecule has 0 aromatic heterocycles. The highest BCUT2D eigenvalue weighted by molar-refractivity contribution is 9.10. The van der Waals surface area contributed by atoms with E-state index in [0.717, 1.165) is 4.47 Å². The average molecular weight is 344 g/mol. The molecule has 2 saturated carbocycles. The summed E-state index contributed by atoms with van der Waals surface area (Å²) in [7, 11) is 0. The van der Waals surface area contributed by atoms with E-state index in [1.54, 1.807) is 0 Å². The quantitative estimate of drug-likeness (QED) is 0.580. The van der Waals surface area contributed by atoms with Gasteiger partial charge in [-0.2, -0.15) is 0 Å². The van der Waals surface area contributed by atoms with E-state index in [1.807, 2.05) is 24.3 Å². The van der Waals surface area contributed by atoms with Gasteiger partial charge in [0.2, 0.25) is 11.8 Å². The van der Waals surface area contributed by atoms with Crippen LogP contribution in [0.15, 0.2) is 40.9 Å². The molecule has 1 aliphatic heterocycles. The second-order valence-electron chi connectivity index (χ2n) is 6.65. The average Bonchev–Trinajstić information content (AvgIpc) is 3.24. The molecule has 21 heavy (non-hydrogen) atoms. The molecule has 3 fully saturated rings. The minimum Gasteiger partial charge on any atom is -0.274 e. The summed E-state index contributed by atoms with van der Waals surface area (Å²) in [5, 5.41) is 0. The van der Waals surface area contributed by atoms with E-state index >= 15 is 0 Å². The van der Waals surface area contributed by atoms with Gasteiger partial charge in [-0.1, -0.05) is 34.1 Å². The molecule has 0 unspecified atom stereocenters. The molecule has 1 aromatic rings. The molecule has 6 atom stereocenters. The summed E-state index contributed by atoms with van der Waals surface area (Å²) in [6.07, 6.45) is 5.61. The van der Waals surface area contributed by atoms with E-state index < -0.39 is 0 Å². The number of hydrogen-bond acceptors (Lipinski definition) is 2. The molecule has 0 spiro atoms. The van der Waals surface area contributed by atoms with Crippen molar-refractivity contribution in [2.75, 3.05) is 4.90 Å². The second kappa shape index (κ2) is 3.86. The number of carbonyl (C=O) groups excluding carboxylic acids is 2. The standard InChI is InChI=1S/C17H14BrNO2/c18-8-2-1-3-9(6-8)19-16(20)14-10-4-5-11(13-7-12(10)13)15(14)17(19)21/h1-6,10-15H,7H2/t10-,11-,12-,13-,14+,15+/m1/s1. The van der Waals surface area contributed by atoms with Gasteiger partial charge in [0.15, 0.2) is 0 Å². The van der Waals surface area contributed by atoms with Crippen LogP contribution in [-0.4, -0.2) is 11.8 Å². The third kappa shape index (κ3) is 1.44. The molecule has 1 saturated heterocycles. The van der Waals surface area contributed by atoms with Crippen LogP contribution in [0, 0.1) is 35.5 Å². The molecule has 0 radical (unpaired) electrons. The lowest BCUT2D eigenvalue weighted by atomic mass is 9.63. The molecule has 1 heterocycles. The number of nitrogens with zero attached hydrogens (tertiary/aromatic N) is 1. The molecule has 6 rings (SSSR count). The monoisotopic (exact) mass is 343 g/mol. The maximum atomic E-state index is 12.9. The van der Waals surface area contributed by atoms with Gasteiger partial charge in [0.1, 0.15) is 0 Å². The molecule has 2 bridgehead atoms. The SMILES string of the molecule is O=C1[C@H]2[C@@H]3C=C[C@H]([C@H]4C[C@H]34)[C@@H]2C(=O)N1c1cccc(Br)c1. The number of halogens is 1. The van der Waals surface area contributed by atoms with E-state index in [9.17, 15) is 9.59 Å². The minimum atomic E-state index is -0.116. The molecule has 1 aromatic carbocycles. The maximum Gasteiger partial charge on any atom is 0.238 e.